The number of carbonyl (C=O) groups excluding carboxylic acids is 2. The van der Waals surface area contributed by atoms with Gasteiger partial charge < -0.3 is 15.1 Å². The molecule has 0 atom stereocenters. The Hall–Kier alpha value is -2.82. The predicted octanol–water partition coefficient (Wildman–Crippen LogP) is 2.64. The summed E-state index contributed by atoms with van der Waals surface area (Å²) in [6.07, 6.45) is 5.01. The number of rotatable bonds is 5. The van der Waals surface area contributed by atoms with Crippen LogP contribution in [0.3, 0.4) is 0 Å². The number of nitrogens with one attached hydrogen (secondary N) is 2. The first-order valence-corrected chi connectivity index (χ1v) is 7.56. The molecule has 23 heavy (non-hydrogen) atoms. The Bertz CT molecular complexity index is 743. The Balaban J connectivity index is 1.80. The van der Waals surface area contributed by atoms with Gasteiger partial charge in [-0.25, -0.2) is 0 Å². The molecule has 118 valence electrons. The van der Waals surface area contributed by atoms with Crippen LogP contribution in [0, 0.1) is 6.92 Å². The first-order chi connectivity index (χ1) is 11.1. The fraction of sp³-hybridized carbons (Fsp3) is 0.222. The van der Waals surface area contributed by atoms with E-state index in [0.29, 0.717) is 11.3 Å². The molecule has 2 amide bonds. The van der Waals surface area contributed by atoms with Gasteiger partial charge in [0.15, 0.2) is 0 Å². The summed E-state index contributed by atoms with van der Waals surface area (Å²) in [6.45, 7) is 1.91. The van der Waals surface area contributed by atoms with Crippen LogP contribution in [0.5, 0.6) is 0 Å². The van der Waals surface area contributed by atoms with Crippen molar-refractivity contribution in [2.24, 2.45) is 0 Å². The Morgan fingerprint density at radius 1 is 1.22 bits per heavy atom. The summed E-state index contributed by atoms with van der Waals surface area (Å²) in [4.78, 5) is 24.7. The summed E-state index contributed by atoms with van der Waals surface area (Å²) in [5, 5.41) is 5.55. The first-order valence-electron chi connectivity index (χ1n) is 7.56. The van der Waals surface area contributed by atoms with Crippen molar-refractivity contribution in [1.29, 1.82) is 0 Å². The van der Waals surface area contributed by atoms with Crippen LogP contribution < -0.4 is 10.6 Å². The first kappa shape index (κ1) is 15.1. The molecule has 0 radical (unpaired) electrons. The Kier molecular flexibility index (Phi) is 4.28. The number of benzene rings is 1. The number of amides is 2. The van der Waals surface area contributed by atoms with Gasteiger partial charge in [0.1, 0.15) is 11.5 Å². The molecule has 1 aromatic carbocycles. The molecule has 2 N–H and O–H groups in total. The van der Waals surface area contributed by atoms with Crippen LogP contribution in [0.4, 0.5) is 0 Å². The van der Waals surface area contributed by atoms with Crippen molar-refractivity contribution in [3.63, 3.8) is 0 Å². The van der Waals surface area contributed by atoms with Crippen LogP contribution in [0.15, 0.2) is 52.8 Å². The smallest absolute Gasteiger partial charge is 0.268 e. The van der Waals surface area contributed by atoms with E-state index in [1.807, 2.05) is 19.1 Å². The molecule has 1 saturated carbocycles. The van der Waals surface area contributed by atoms with Crippen LogP contribution in [0.25, 0.3) is 6.08 Å². The molecule has 0 spiro atoms. The van der Waals surface area contributed by atoms with Crippen molar-refractivity contribution >= 4 is 17.9 Å². The number of hydrogen-bond acceptors (Lipinski definition) is 3. The summed E-state index contributed by atoms with van der Waals surface area (Å²) in [7, 11) is 0. The molecule has 1 heterocycles. The number of hydrogen-bond donors (Lipinski definition) is 2. The molecule has 0 aliphatic heterocycles. The molecule has 0 bridgehead atoms. The highest BCUT2D eigenvalue weighted by molar-refractivity contribution is 6.05. The second-order valence-electron chi connectivity index (χ2n) is 5.64. The second-order valence-corrected chi connectivity index (χ2v) is 5.64. The maximum atomic E-state index is 12.4. The van der Waals surface area contributed by atoms with E-state index >= 15 is 0 Å². The van der Waals surface area contributed by atoms with E-state index in [1.54, 1.807) is 24.3 Å². The number of carbonyl (C=O) groups is 2. The summed E-state index contributed by atoms with van der Waals surface area (Å²) >= 11 is 0. The fourth-order valence-corrected chi connectivity index (χ4v) is 2.15. The molecule has 0 unspecified atom stereocenters. The van der Waals surface area contributed by atoms with Gasteiger partial charge in [-0.15, -0.1) is 0 Å². The minimum atomic E-state index is -0.322. The average molecular weight is 310 g/mol. The van der Waals surface area contributed by atoms with Crippen molar-refractivity contribution in [1.82, 2.24) is 10.6 Å². The molecule has 1 aliphatic carbocycles. The van der Waals surface area contributed by atoms with Crippen molar-refractivity contribution in [3.05, 3.63) is 65.2 Å². The highest BCUT2D eigenvalue weighted by atomic mass is 16.3. The van der Waals surface area contributed by atoms with Crippen molar-refractivity contribution in [3.8, 4) is 0 Å². The van der Waals surface area contributed by atoms with E-state index in [0.717, 1.165) is 18.4 Å². The summed E-state index contributed by atoms with van der Waals surface area (Å²) < 4.78 is 5.23. The standard InChI is InChI=1S/C18H18N2O3/c1-12-4-2-5-13(10-12)17(21)20-16(11-15-6-3-9-23-15)18(22)19-14-7-8-14/h2-6,9-11,14H,7-8H2,1H3,(H,19,22)(H,20,21)/b16-11-. The third-order valence-electron chi connectivity index (χ3n) is 3.52. The number of aryl methyl sites for hydroxylation is 1. The highest BCUT2D eigenvalue weighted by Crippen LogP contribution is 2.19. The Morgan fingerprint density at radius 3 is 2.70 bits per heavy atom. The van der Waals surface area contributed by atoms with Gasteiger partial charge in [0.25, 0.3) is 11.8 Å². The second kappa shape index (κ2) is 6.52. The molecule has 5 nitrogen and oxygen atoms in total. The van der Waals surface area contributed by atoms with E-state index < -0.39 is 0 Å². The molecule has 2 aromatic rings. The van der Waals surface area contributed by atoms with Gasteiger partial charge in [-0.05, 0) is 44.0 Å². The van der Waals surface area contributed by atoms with E-state index in [-0.39, 0.29) is 23.6 Å². The number of furan rings is 1. The molecule has 3 rings (SSSR count). The SMILES string of the molecule is Cc1cccc(C(=O)N/C(=C\c2ccco2)C(=O)NC2CC2)c1. The van der Waals surface area contributed by atoms with Gasteiger partial charge in [-0.3, -0.25) is 9.59 Å². The lowest BCUT2D eigenvalue weighted by Gasteiger charge is -2.10. The zero-order chi connectivity index (χ0) is 16.2. The summed E-state index contributed by atoms with van der Waals surface area (Å²) in [5.74, 6) is -0.113. The molecule has 0 saturated heterocycles. The van der Waals surface area contributed by atoms with Crippen LogP contribution >= 0.6 is 0 Å². The molecular formula is C18H18N2O3. The maximum Gasteiger partial charge on any atom is 0.268 e. The third kappa shape index (κ3) is 4.10. The zero-order valence-corrected chi connectivity index (χ0v) is 12.8. The van der Waals surface area contributed by atoms with Crippen LogP contribution in [-0.2, 0) is 4.79 Å². The van der Waals surface area contributed by atoms with Crippen molar-refractivity contribution in [2.45, 2.75) is 25.8 Å². The molecule has 1 fully saturated rings. The van der Waals surface area contributed by atoms with Gasteiger partial charge in [0.2, 0.25) is 0 Å². The van der Waals surface area contributed by atoms with Gasteiger partial charge in [0, 0.05) is 17.7 Å². The monoisotopic (exact) mass is 310 g/mol. The van der Waals surface area contributed by atoms with Gasteiger partial charge in [0.05, 0.1) is 6.26 Å². The Morgan fingerprint density at radius 2 is 2.04 bits per heavy atom. The van der Waals surface area contributed by atoms with Crippen molar-refractivity contribution in [2.75, 3.05) is 0 Å². The minimum absolute atomic E-state index is 0.179. The predicted molar refractivity (Wildman–Crippen MR) is 86.5 cm³/mol. The summed E-state index contributed by atoms with van der Waals surface area (Å²) in [5.41, 5.74) is 1.67. The van der Waals surface area contributed by atoms with Crippen LogP contribution in [0.2, 0.25) is 0 Å². The minimum Gasteiger partial charge on any atom is -0.465 e. The van der Waals surface area contributed by atoms with Crippen LogP contribution in [0.1, 0.15) is 34.5 Å². The van der Waals surface area contributed by atoms with Crippen molar-refractivity contribution < 1.29 is 14.0 Å². The van der Waals surface area contributed by atoms with Gasteiger partial charge in [-0.1, -0.05) is 17.7 Å². The van der Waals surface area contributed by atoms with E-state index in [2.05, 4.69) is 10.6 Å². The summed E-state index contributed by atoms with van der Waals surface area (Å²) in [6, 6.07) is 10.9. The normalized spacial score (nSPS) is 14.4. The van der Waals surface area contributed by atoms with E-state index in [4.69, 9.17) is 4.42 Å². The fourth-order valence-electron chi connectivity index (χ4n) is 2.15. The van der Waals surface area contributed by atoms with Gasteiger partial charge >= 0.3 is 0 Å². The topological polar surface area (TPSA) is 71.3 Å². The van der Waals surface area contributed by atoms with E-state index in [1.165, 1.54) is 12.3 Å². The van der Waals surface area contributed by atoms with E-state index in [9.17, 15) is 9.59 Å². The quantitative estimate of drug-likeness (QED) is 0.834. The Labute approximate surface area is 134 Å². The third-order valence-corrected chi connectivity index (χ3v) is 3.52. The largest absolute Gasteiger partial charge is 0.465 e. The highest BCUT2D eigenvalue weighted by Gasteiger charge is 2.25. The average Bonchev–Trinajstić information content (AvgIpc) is 3.19. The zero-order valence-electron chi connectivity index (χ0n) is 12.8. The molecule has 1 aliphatic rings. The molecular weight excluding hydrogens is 292 g/mol. The molecule has 5 heteroatoms. The van der Waals surface area contributed by atoms with Gasteiger partial charge in [-0.2, -0.15) is 0 Å². The lowest BCUT2D eigenvalue weighted by atomic mass is 10.1. The molecule has 1 aromatic heterocycles. The lowest BCUT2D eigenvalue weighted by molar-refractivity contribution is -0.117. The lowest BCUT2D eigenvalue weighted by Crippen LogP contribution is -2.35. The van der Waals surface area contributed by atoms with Crippen LogP contribution in [-0.4, -0.2) is 17.9 Å². The maximum absolute atomic E-state index is 12.4.